The molecule has 2 aromatic rings. The summed E-state index contributed by atoms with van der Waals surface area (Å²) in [7, 11) is 2.11. The second-order valence-electron chi connectivity index (χ2n) is 9.41. The van der Waals surface area contributed by atoms with E-state index in [1.165, 1.54) is 16.0 Å². The molecule has 4 N–H and O–H groups in total. The van der Waals surface area contributed by atoms with Crippen LogP contribution in [0.5, 0.6) is 0 Å². The minimum atomic E-state index is -1.02. The molecule has 2 aromatic carbocycles. The molecule has 36 heavy (non-hydrogen) atoms. The van der Waals surface area contributed by atoms with Gasteiger partial charge >= 0.3 is 6.03 Å². The van der Waals surface area contributed by atoms with E-state index in [-0.39, 0.29) is 25.5 Å². The number of benzene rings is 2. The lowest BCUT2D eigenvalue weighted by Crippen LogP contribution is -2.45. The van der Waals surface area contributed by atoms with Gasteiger partial charge in [-0.2, -0.15) is 0 Å². The Morgan fingerprint density at radius 2 is 1.78 bits per heavy atom. The number of likely N-dealkylation sites (N-methyl/N-ethyl adjacent to an activating group) is 1. The summed E-state index contributed by atoms with van der Waals surface area (Å²) in [6, 6.07) is 11.5. The number of urea groups is 1. The molecule has 10 heteroatoms. The number of ether oxygens (including phenoxy) is 1. The molecule has 0 radical (unpaired) electrons. The van der Waals surface area contributed by atoms with Crippen molar-refractivity contribution in [1.82, 2.24) is 9.80 Å². The zero-order valence-electron chi connectivity index (χ0n) is 20.3. The summed E-state index contributed by atoms with van der Waals surface area (Å²) in [5.74, 6) is -0.305. The van der Waals surface area contributed by atoms with E-state index in [0.717, 1.165) is 25.9 Å². The second kappa shape index (κ2) is 12.0. The van der Waals surface area contributed by atoms with Crippen LogP contribution in [0.15, 0.2) is 42.5 Å². The number of amides is 3. The number of likely N-dealkylation sites (tertiary alicyclic amines) is 1. The second-order valence-corrected chi connectivity index (χ2v) is 9.85. The number of hydrogen-bond acceptors (Lipinski definition) is 6. The number of rotatable bonds is 7. The van der Waals surface area contributed by atoms with Crippen LogP contribution in [0.3, 0.4) is 0 Å². The van der Waals surface area contributed by atoms with Gasteiger partial charge in [0, 0.05) is 42.5 Å². The maximum atomic E-state index is 13.4. The molecule has 0 spiro atoms. The molecule has 0 bridgehead atoms. The smallest absolute Gasteiger partial charge is 0.322 e. The van der Waals surface area contributed by atoms with E-state index in [4.69, 9.17) is 21.4 Å². The van der Waals surface area contributed by atoms with Crippen molar-refractivity contribution < 1.29 is 24.5 Å². The van der Waals surface area contributed by atoms with Crippen LogP contribution in [0.4, 0.5) is 16.2 Å². The zero-order chi connectivity index (χ0) is 25.7. The SMILES string of the molecule is CN1CCc2ccc(NC(=O)[C@H]3C[C@@H](OCC(O)CO)CN3C(=O)Nc3ccc(Cl)cc3)cc2CC1. The lowest BCUT2D eigenvalue weighted by atomic mass is 10.0. The Morgan fingerprint density at radius 3 is 2.50 bits per heavy atom. The molecule has 4 rings (SSSR count). The number of nitrogens with one attached hydrogen (secondary N) is 2. The van der Waals surface area contributed by atoms with Gasteiger partial charge in [-0.3, -0.25) is 4.79 Å². The van der Waals surface area contributed by atoms with E-state index in [0.29, 0.717) is 16.4 Å². The van der Waals surface area contributed by atoms with E-state index in [1.807, 2.05) is 12.1 Å². The lowest BCUT2D eigenvalue weighted by Gasteiger charge is -2.24. The minimum absolute atomic E-state index is 0.0819. The van der Waals surface area contributed by atoms with E-state index in [2.05, 4.69) is 28.6 Å². The molecule has 3 amide bonds. The van der Waals surface area contributed by atoms with Crippen LogP contribution in [0, 0.1) is 0 Å². The Bertz CT molecular complexity index is 1070. The minimum Gasteiger partial charge on any atom is -0.394 e. The van der Waals surface area contributed by atoms with Gasteiger partial charge in [0.25, 0.3) is 0 Å². The fraction of sp³-hybridized carbons (Fsp3) is 0.462. The molecule has 1 unspecified atom stereocenters. The van der Waals surface area contributed by atoms with Crippen LogP contribution in [-0.4, -0.2) is 90.1 Å². The molecule has 3 atom stereocenters. The fourth-order valence-electron chi connectivity index (χ4n) is 4.56. The fourth-order valence-corrected chi connectivity index (χ4v) is 4.69. The standard InChI is InChI=1S/C26H33ClN4O5/c1-30-10-8-17-2-5-21(12-18(17)9-11-30)28-25(34)24-13-23(36-16-22(33)15-32)14-31(24)26(35)29-20-6-3-19(27)4-7-20/h2-7,12,22-24,32-33H,8-11,13-16H2,1H3,(H,28,34)(H,29,35)/t22?,23-,24-/m1/s1. The van der Waals surface area contributed by atoms with Crippen LogP contribution in [0.25, 0.3) is 0 Å². The average molecular weight is 517 g/mol. The Morgan fingerprint density at radius 1 is 1.08 bits per heavy atom. The van der Waals surface area contributed by atoms with E-state index < -0.39 is 30.9 Å². The van der Waals surface area contributed by atoms with Crippen LogP contribution in [0.1, 0.15) is 17.5 Å². The van der Waals surface area contributed by atoms with Gasteiger partial charge in [0.15, 0.2) is 0 Å². The molecule has 2 heterocycles. The number of aliphatic hydroxyl groups excluding tert-OH is 2. The molecular formula is C26H33ClN4O5. The van der Waals surface area contributed by atoms with Crippen LogP contribution < -0.4 is 10.6 Å². The Labute approximate surface area is 216 Å². The van der Waals surface area contributed by atoms with Crippen molar-refractivity contribution in [2.75, 3.05) is 50.5 Å². The predicted octanol–water partition coefficient (Wildman–Crippen LogP) is 2.35. The molecule has 0 aromatic heterocycles. The molecule has 0 saturated carbocycles. The highest BCUT2D eigenvalue weighted by Crippen LogP contribution is 2.25. The van der Waals surface area contributed by atoms with Gasteiger partial charge in [-0.05, 0) is 67.4 Å². The van der Waals surface area contributed by atoms with Gasteiger partial charge in [0.1, 0.15) is 12.1 Å². The first kappa shape index (κ1) is 26.4. The highest BCUT2D eigenvalue weighted by molar-refractivity contribution is 6.30. The summed E-state index contributed by atoms with van der Waals surface area (Å²) in [6.07, 6.45) is 0.680. The molecule has 194 valence electrons. The van der Waals surface area contributed by atoms with Crippen molar-refractivity contribution >= 4 is 34.9 Å². The summed E-state index contributed by atoms with van der Waals surface area (Å²) >= 11 is 5.94. The summed E-state index contributed by atoms with van der Waals surface area (Å²) in [4.78, 5) is 30.2. The monoisotopic (exact) mass is 516 g/mol. The van der Waals surface area contributed by atoms with Gasteiger partial charge < -0.3 is 35.4 Å². The van der Waals surface area contributed by atoms with Crippen molar-refractivity contribution in [1.29, 1.82) is 0 Å². The van der Waals surface area contributed by atoms with E-state index in [9.17, 15) is 14.7 Å². The van der Waals surface area contributed by atoms with Crippen molar-refractivity contribution in [3.05, 3.63) is 58.6 Å². The summed E-state index contributed by atoms with van der Waals surface area (Å²) < 4.78 is 5.70. The number of carbonyl (C=O) groups is 2. The molecular weight excluding hydrogens is 484 g/mol. The predicted molar refractivity (Wildman–Crippen MR) is 138 cm³/mol. The highest BCUT2D eigenvalue weighted by Gasteiger charge is 2.40. The number of fused-ring (bicyclic) bond motifs is 1. The summed E-state index contributed by atoms with van der Waals surface area (Å²) in [5, 5.41) is 25.1. The third-order valence-corrected chi connectivity index (χ3v) is 6.91. The molecule has 1 saturated heterocycles. The molecule has 2 aliphatic rings. The maximum absolute atomic E-state index is 13.4. The topological polar surface area (TPSA) is 114 Å². The van der Waals surface area contributed by atoms with Crippen molar-refractivity contribution in [3.8, 4) is 0 Å². The molecule has 9 nitrogen and oxygen atoms in total. The average Bonchev–Trinajstić information content (AvgIpc) is 3.22. The number of aliphatic hydroxyl groups is 2. The quantitative estimate of drug-likeness (QED) is 0.449. The molecule has 2 aliphatic heterocycles. The highest BCUT2D eigenvalue weighted by atomic mass is 35.5. The van der Waals surface area contributed by atoms with Crippen LogP contribution in [-0.2, 0) is 22.4 Å². The van der Waals surface area contributed by atoms with Gasteiger partial charge in [-0.1, -0.05) is 17.7 Å². The van der Waals surface area contributed by atoms with Gasteiger partial charge in [0.2, 0.25) is 5.91 Å². The number of hydrogen-bond donors (Lipinski definition) is 4. The van der Waals surface area contributed by atoms with Crippen molar-refractivity contribution in [2.24, 2.45) is 0 Å². The van der Waals surface area contributed by atoms with Gasteiger partial charge in [-0.15, -0.1) is 0 Å². The Hall–Kier alpha value is -2.69. The van der Waals surface area contributed by atoms with Crippen molar-refractivity contribution in [3.63, 3.8) is 0 Å². The molecule has 1 fully saturated rings. The largest absolute Gasteiger partial charge is 0.394 e. The van der Waals surface area contributed by atoms with E-state index in [1.54, 1.807) is 24.3 Å². The van der Waals surface area contributed by atoms with Gasteiger partial charge in [-0.25, -0.2) is 4.79 Å². The lowest BCUT2D eigenvalue weighted by molar-refractivity contribution is -0.119. The summed E-state index contributed by atoms with van der Waals surface area (Å²) in [5.41, 5.74) is 3.76. The number of nitrogens with zero attached hydrogens (tertiary/aromatic N) is 2. The third-order valence-electron chi connectivity index (χ3n) is 6.66. The van der Waals surface area contributed by atoms with Crippen molar-refractivity contribution in [2.45, 2.75) is 37.5 Å². The van der Waals surface area contributed by atoms with E-state index >= 15 is 0 Å². The first-order valence-corrected chi connectivity index (χ1v) is 12.5. The molecule has 0 aliphatic carbocycles. The Balaban J connectivity index is 1.47. The number of halogens is 1. The first-order chi connectivity index (χ1) is 17.3. The normalized spacial score (nSPS) is 20.9. The van der Waals surface area contributed by atoms with Crippen LogP contribution in [0.2, 0.25) is 5.02 Å². The Kier molecular flexibility index (Phi) is 8.81. The zero-order valence-corrected chi connectivity index (χ0v) is 21.1. The maximum Gasteiger partial charge on any atom is 0.322 e. The third kappa shape index (κ3) is 6.74. The van der Waals surface area contributed by atoms with Gasteiger partial charge in [0.05, 0.1) is 19.3 Å². The number of carbonyl (C=O) groups excluding carboxylic acids is 2. The number of anilines is 2. The summed E-state index contributed by atoms with van der Waals surface area (Å²) in [6.45, 7) is 1.63. The first-order valence-electron chi connectivity index (χ1n) is 12.2. The van der Waals surface area contributed by atoms with Crippen LogP contribution >= 0.6 is 11.6 Å².